The minimum absolute atomic E-state index is 0.0256. The number of nitrogens with zero attached hydrogens (tertiary/aromatic N) is 1. The lowest BCUT2D eigenvalue weighted by atomic mass is 10.1. The Kier molecular flexibility index (Phi) is 4.11. The molecule has 0 bridgehead atoms. The standard InChI is InChI=1S/C12H14N2O3S/c1-2-13-10(8-9-4-3-7-18-9)11-5-6-12(17-11)14(15)16/h3-7,10,13H,2,8H2,1H3. The molecule has 2 heterocycles. The SMILES string of the molecule is CCNC(Cc1cccs1)c1ccc([N+](=O)[O-])o1. The molecule has 1 atom stereocenters. The Morgan fingerprint density at radius 3 is 2.89 bits per heavy atom. The third kappa shape index (κ3) is 2.96. The lowest BCUT2D eigenvalue weighted by Gasteiger charge is -2.13. The molecule has 1 unspecified atom stereocenters. The fraction of sp³-hybridized carbons (Fsp3) is 0.333. The van der Waals surface area contributed by atoms with Gasteiger partial charge in [-0.3, -0.25) is 10.1 Å². The van der Waals surface area contributed by atoms with Gasteiger partial charge in [0.15, 0.2) is 0 Å². The Morgan fingerprint density at radius 1 is 1.50 bits per heavy atom. The minimum Gasteiger partial charge on any atom is -0.404 e. The highest BCUT2D eigenvalue weighted by Crippen LogP contribution is 2.25. The second-order valence-corrected chi connectivity index (χ2v) is 4.86. The molecule has 96 valence electrons. The predicted molar refractivity (Wildman–Crippen MR) is 69.8 cm³/mol. The average Bonchev–Trinajstić information content (AvgIpc) is 2.99. The van der Waals surface area contributed by atoms with E-state index in [0.717, 1.165) is 13.0 Å². The van der Waals surface area contributed by atoms with E-state index in [1.54, 1.807) is 17.4 Å². The molecule has 0 saturated carbocycles. The van der Waals surface area contributed by atoms with Gasteiger partial charge in [-0.2, -0.15) is 0 Å². The Hall–Kier alpha value is -1.66. The van der Waals surface area contributed by atoms with Crippen LogP contribution >= 0.6 is 11.3 Å². The summed E-state index contributed by atoms with van der Waals surface area (Å²) < 4.78 is 5.25. The van der Waals surface area contributed by atoms with Crippen molar-refractivity contribution >= 4 is 17.2 Å². The number of furan rings is 1. The third-order valence-corrected chi connectivity index (χ3v) is 3.47. The van der Waals surface area contributed by atoms with Crippen molar-refractivity contribution in [1.29, 1.82) is 0 Å². The van der Waals surface area contributed by atoms with Gasteiger partial charge in [-0.05, 0) is 24.1 Å². The van der Waals surface area contributed by atoms with Crippen LogP contribution in [0, 0.1) is 10.1 Å². The minimum atomic E-state index is -0.516. The highest BCUT2D eigenvalue weighted by molar-refractivity contribution is 7.09. The van der Waals surface area contributed by atoms with Gasteiger partial charge in [-0.15, -0.1) is 11.3 Å². The van der Waals surface area contributed by atoms with Gasteiger partial charge in [0, 0.05) is 11.3 Å². The molecule has 5 nitrogen and oxygen atoms in total. The fourth-order valence-corrected chi connectivity index (χ4v) is 2.53. The molecule has 0 aliphatic heterocycles. The van der Waals surface area contributed by atoms with Gasteiger partial charge < -0.3 is 9.73 Å². The molecule has 18 heavy (non-hydrogen) atoms. The molecule has 2 aromatic rings. The zero-order valence-corrected chi connectivity index (χ0v) is 10.8. The highest BCUT2D eigenvalue weighted by Gasteiger charge is 2.19. The fourth-order valence-electron chi connectivity index (χ4n) is 1.78. The van der Waals surface area contributed by atoms with E-state index >= 15 is 0 Å². The van der Waals surface area contributed by atoms with Crippen LogP contribution < -0.4 is 5.32 Å². The van der Waals surface area contributed by atoms with Crippen molar-refractivity contribution in [3.8, 4) is 0 Å². The van der Waals surface area contributed by atoms with E-state index in [1.807, 2.05) is 24.4 Å². The lowest BCUT2D eigenvalue weighted by Crippen LogP contribution is -2.22. The Morgan fingerprint density at radius 2 is 2.33 bits per heavy atom. The van der Waals surface area contributed by atoms with E-state index in [4.69, 9.17) is 4.42 Å². The molecule has 0 fully saturated rings. The van der Waals surface area contributed by atoms with E-state index in [-0.39, 0.29) is 11.9 Å². The van der Waals surface area contributed by atoms with Crippen molar-refractivity contribution in [3.05, 3.63) is 50.4 Å². The normalized spacial score (nSPS) is 12.5. The summed E-state index contributed by atoms with van der Waals surface area (Å²) in [6.45, 7) is 2.78. The molecule has 2 rings (SSSR count). The van der Waals surface area contributed by atoms with Crippen LogP contribution in [0.3, 0.4) is 0 Å². The summed E-state index contributed by atoms with van der Waals surface area (Å²) in [5, 5.41) is 15.9. The summed E-state index contributed by atoms with van der Waals surface area (Å²) in [6.07, 6.45) is 0.774. The van der Waals surface area contributed by atoms with Gasteiger partial charge >= 0.3 is 5.88 Å². The maximum absolute atomic E-state index is 10.6. The number of rotatable bonds is 6. The quantitative estimate of drug-likeness (QED) is 0.644. The van der Waals surface area contributed by atoms with E-state index in [0.29, 0.717) is 5.76 Å². The van der Waals surface area contributed by atoms with E-state index in [2.05, 4.69) is 5.32 Å². The molecule has 0 aromatic carbocycles. The summed E-state index contributed by atoms with van der Waals surface area (Å²) in [6, 6.07) is 7.08. The molecule has 0 aliphatic carbocycles. The summed E-state index contributed by atoms with van der Waals surface area (Å²) >= 11 is 1.67. The van der Waals surface area contributed by atoms with Crippen LogP contribution in [0.5, 0.6) is 0 Å². The Bertz CT molecular complexity index is 507. The van der Waals surface area contributed by atoms with Crippen LogP contribution in [0.2, 0.25) is 0 Å². The second kappa shape index (κ2) is 5.79. The highest BCUT2D eigenvalue weighted by atomic mass is 32.1. The van der Waals surface area contributed by atoms with Crippen LogP contribution in [-0.4, -0.2) is 11.5 Å². The summed E-state index contributed by atoms with van der Waals surface area (Å²) in [4.78, 5) is 11.3. The number of nitro groups is 1. The first-order valence-corrected chi connectivity index (χ1v) is 6.58. The summed E-state index contributed by atoms with van der Waals surface area (Å²) in [5.41, 5.74) is 0. The van der Waals surface area contributed by atoms with Gasteiger partial charge in [0.1, 0.15) is 10.7 Å². The first-order chi connectivity index (χ1) is 8.70. The van der Waals surface area contributed by atoms with Gasteiger partial charge in [0.2, 0.25) is 0 Å². The summed E-state index contributed by atoms with van der Waals surface area (Å²) in [7, 11) is 0. The first kappa shape index (κ1) is 12.8. The number of likely N-dealkylation sites (N-methyl/N-ethyl adjacent to an activating group) is 1. The van der Waals surface area contributed by atoms with E-state index in [9.17, 15) is 10.1 Å². The molecule has 6 heteroatoms. The number of hydrogen-bond donors (Lipinski definition) is 1. The van der Waals surface area contributed by atoms with Crippen LogP contribution in [0.1, 0.15) is 23.6 Å². The molecule has 0 aliphatic rings. The first-order valence-electron chi connectivity index (χ1n) is 5.70. The predicted octanol–water partition coefficient (Wildman–Crippen LogP) is 3.14. The zero-order valence-electron chi connectivity index (χ0n) is 9.96. The van der Waals surface area contributed by atoms with Crippen molar-refractivity contribution < 1.29 is 9.34 Å². The molecular weight excluding hydrogens is 252 g/mol. The molecular formula is C12H14N2O3S. The lowest BCUT2D eigenvalue weighted by molar-refractivity contribution is -0.402. The second-order valence-electron chi connectivity index (χ2n) is 3.83. The number of nitrogens with one attached hydrogen (secondary N) is 1. The zero-order chi connectivity index (χ0) is 13.0. The molecule has 0 radical (unpaired) electrons. The van der Waals surface area contributed by atoms with Gasteiger partial charge in [0.05, 0.1) is 12.1 Å². The Labute approximate surface area is 109 Å². The largest absolute Gasteiger partial charge is 0.433 e. The molecule has 2 aromatic heterocycles. The smallest absolute Gasteiger partial charge is 0.404 e. The molecule has 0 amide bonds. The van der Waals surface area contributed by atoms with Crippen LogP contribution in [-0.2, 0) is 6.42 Å². The van der Waals surface area contributed by atoms with Crippen LogP contribution in [0.25, 0.3) is 0 Å². The number of thiophene rings is 1. The van der Waals surface area contributed by atoms with Crippen molar-refractivity contribution in [3.63, 3.8) is 0 Å². The maximum atomic E-state index is 10.6. The van der Waals surface area contributed by atoms with E-state index in [1.165, 1.54) is 10.9 Å². The Balaban J connectivity index is 2.15. The molecule has 0 spiro atoms. The average molecular weight is 266 g/mol. The van der Waals surface area contributed by atoms with Crippen molar-refractivity contribution in [2.45, 2.75) is 19.4 Å². The van der Waals surface area contributed by atoms with Crippen LogP contribution in [0.15, 0.2) is 34.1 Å². The van der Waals surface area contributed by atoms with Gasteiger partial charge in [0.25, 0.3) is 0 Å². The third-order valence-electron chi connectivity index (χ3n) is 2.57. The van der Waals surface area contributed by atoms with Crippen molar-refractivity contribution in [2.24, 2.45) is 0 Å². The van der Waals surface area contributed by atoms with Gasteiger partial charge in [-0.25, -0.2) is 0 Å². The number of hydrogen-bond acceptors (Lipinski definition) is 5. The monoisotopic (exact) mass is 266 g/mol. The van der Waals surface area contributed by atoms with Crippen LogP contribution in [0.4, 0.5) is 5.88 Å². The topological polar surface area (TPSA) is 68.3 Å². The van der Waals surface area contributed by atoms with E-state index < -0.39 is 4.92 Å². The van der Waals surface area contributed by atoms with Crippen molar-refractivity contribution in [1.82, 2.24) is 5.32 Å². The van der Waals surface area contributed by atoms with Gasteiger partial charge in [-0.1, -0.05) is 13.0 Å². The summed E-state index contributed by atoms with van der Waals surface area (Å²) in [5.74, 6) is 0.399. The van der Waals surface area contributed by atoms with Crippen molar-refractivity contribution in [2.75, 3.05) is 6.54 Å². The maximum Gasteiger partial charge on any atom is 0.433 e. The molecule has 1 N–H and O–H groups in total. The molecule has 0 saturated heterocycles.